The van der Waals surface area contributed by atoms with E-state index in [2.05, 4.69) is 19.1 Å². The largest absolute Gasteiger partial charge is 0.467 e. The first-order valence-corrected chi connectivity index (χ1v) is 12.9. The van der Waals surface area contributed by atoms with Crippen LogP contribution < -0.4 is 0 Å². The molecule has 0 spiro atoms. The highest BCUT2D eigenvalue weighted by Gasteiger charge is 2.51. The first-order valence-electron chi connectivity index (χ1n) is 11.8. The molecular formula is C25H38N2O5S. The lowest BCUT2D eigenvalue weighted by Crippen LogP contribution is -2.62. The Morgan fingerprint density at radius 1 is 1.09 bits per heavy atom. The number of carbonyl (C=O) groups is 2. The number of methoxy groups -OCH3 is 1. The molecule has 0 aromatic heterocycles. The van der Waals surface area contributed by atoms with Gasteiger partial charge in [-0.05, 0) is 80.6 Å². The Hall–Kier alpha value is -1.61. The number of hydrogen-bond donors (Lipinski definition) is 0. The van der Waals surface area contributed by atoms with E-state index in [1.165, 1.54) is 17.7 Å². The van der Waals surface area contributed by atoms with E-state index >= 15 is 0 Å². The molecule has 8 heteroatoms. The van der Waals surface area contributed by atoms with Crippen molar-refractivity contribution in [3.63, 3.8) is 0 Å². The Kier molecular flexibility index (Phi) is 9.21. The van der Waals surface area contributed by atoms with Gasteiger partial charge in [-0.3, -0.25) is 9.63 Å². The molecule has 0 saturated carbocycles. The summed E-state index contributed by atoms with van der Waals surface area (Å²) >= 11 is 1.95. The first-order chi connectivity index (χ1) is 15.8. The number of benzene rings is 1. The molecule has 1 amide bonds. The molecule has 0 atom stereocenters. The second-order valence-corrected chi connectivity index (χ2v) is 10.5. The van der Waals surface area contributed by atoms with Crippen LogP contribution in [0.5, 0.6) is 0 Å². The van der Waals surface area contributed by atoms with Crippen LogP contribution in [0.25, 0.3) is 0 Å². The van der Waals surface area contributed by atoms with Gasteiger partial charge in [0.05, 0.1) is 27.2 Å². The van der Waals surface area contributed by atoms with E-state index in [9.17, 15) is 9.59 Å². The van der Waals surface area contributed by atoms with Crippen LogP contribution in [0.3, 0.4) is 0 Å². The molecule has 33 heavy (non-hydrogen) atoms. The molecule has 2 saturated heterocycles. The third kappa shape index (κ3) is 6.10. The van der Waals surface area contributed by atoms with Gasteiger partial charge >= 0.3 is 5.97 Å². The molecule has 2 fully saturated rings. The van der Waals surface area contributed by atoms with Crippen molar-refractivity contribution in [3.8, 4) is 0 Å². The summed E-state index contributed by atoms with van der Waals surface area (Å²) in [4.78, 5) is 38.6. The summed E-state index contributed by atoms with van der Waals surface area (Å²) in [6.07, 6.45) is 3.10. The molecule has 7 nitrogen and oxygen atoms in total. The van der Waals surface area contributed by atoms with Gasteiger partial charge in [0.25, 0.3) is 5.91 Å². The third-order valence-electron chi connectivity index (χ3n) is 6.94. The molecular weight excluding hydrogens is 440 g/mol. The van der Waals surface area contributed by atoms with Gasteiger partial charge in [0.1, 0.15) is 0 Å². The zero-order chi connectivity index (χ0) is 24.0. The molecule has 0 unspecified atom stereocenters. The van der Waals surface area contributed by atoms with Crippen molar-refractivity contribution >= 4 is 23.6 Å². The van der Waals surface area contributed by atoms with Crippen molar-refractivity contribution in [2.75, 3.05) is 45.4 Å². The van der Waals surface area contributed by atoms with Crippen molar-refractivity contribution < 1.29 is 24.0 Å². The molecule has 2 aliphatic rings. The second kappa shape index (κ2) is 11.7. The van der Waals surface area contributed by atoms with Gasteiger partial charge in [-0.15, -0.1) is 0 Å². The zero-order valence-corrected chi connectivity index (χ0v) is 21.5. The summed E-state index contributed by atoms with van der Waals surface area (Å²) in [6.45, 7) is 7.58. The molecule has 0 aliphatic carbocycles. The van der Waals surface area contributed by atoms with Crippen LogP contribution >= 0.6 is 11.8 Å². The minimum absolute atomic E-state index is 0.186. The first kappa shape index (κ1) is 26.0. The number of amides is 1. The maximum Gasteiger partial charge on any atom is 0.334 e. The molecule has 0 radical (unpaired) electrons. The average molecular weight is 479 g/mol. The lowest BCUT2D eigenvalue weighted by atomic mass is 9.86. The normalized spacial score (nSPS) is 19.3. The van der Waals surface area contributed by atoms with E-state index in [0.717, 1.165) is 41.0 Å². The molecule has 2 aliphatic heterocycles. The lowest BCUT2D eigenvalue weighted by molar-refractivity contribution is -0.251. The predicted octanol–water partition coefficient (Wildman–Crippen LogP) is 3.63. The number of ether oxygens (including phenoxy) is 1. The highest BCUT2D eigenvalue weighted by atomic mass is 32.2. The van der Waals surface area contributed by atoms with E-state index in [4.69, 9.17) is 14.4 Å². The Morgan fingerprint density at radius 2 is 1.70 bits per heavy atom. The Morgan fingerprint density at radius 3 is 2.24 bits per heavy atom. The number of rotatable bonds is 8. The SMILES string of the molecule is COC(=O)C1(N(OCC2CCSCC2)C(=O)Cc2c(C)cc(C)cc2C)CCN(OC)CC1. The van der Waals surface area contributed by atoms with Gasteiger partial charge in [0.2, 0.25) is 0 Å². The number of hydrogen-bond acceptors (Lipinski definition) is 7. The summed E-state index contributed by atoms with van der Waals surface area (Å²) in [7, 11) is 3.00. The molecule has 0 N–H and O–H groups in total. The summed E-state index contributed by atoms with van der Waals surface area (Å²) < 4.78 is 5.22. The zero-order valence-electron chi connectivity index (χ0n) is 20.6. The highest BCUT2D eigenvalue weighted by Crippen LogP contribution is 2.33. The minimum atomic E-state index is -1.16. The van der Waals surface area contributed by atoms with Crippen LogP contribution in [0.2, 0.25) is 0 Å². The second-order valence-electron chi connectivity index (χ2n) is 9.23. The van der Waals surface area contributed by atoms with Crippen LogP contribution in [-0.4, -0.2) is 73.0 Å². The fourth-order valence-electron chi connectivity index (χ4n) is 4.96. The number of hydroxylamine groups is 4. The number of esters is 1. The maximum atomic E-state index is 13.8. The number of carbonyl (C=O) groups excluding carboxylic acids is 2. The molecule has 1 aromatic carbocycles. The van der Waals surface area contributed by atoms with Crippen LogP contribution in [0, 0.1) is 26.7 Å². The monoisotopic (exact) mass is 478 g/mol. The van der Waals surface area contributed by atoms with Crippen molar-refractivity contribution in [1.29, 1.82) is 0 Å². The Balaban J connectivity index is 1.90. The van der Waals surface area contributed by atoms with E-state index in [1.807, 2.05) is 25.6 Å². The molecule has 2 heterocycles. The third-order valence-corrected chi connectivity index (χ3v) is 7.99. The summed E-state index contributed by atoms with van der Waals surface area (Å²) in [5.41, 5.74) is 3.15. The van der Waals surface area contributed by atoms with Crippen LogP contribution in [0.1, 0.15) is 47.9 Å². The number of nitrogens with zero attached hydrogens (tertiary/aromatic N) is 2. The predicted molar refractivity (Wildman–Crippen MR) is 130 cm³/mol. The van der Waals surface area contributed by atoms with Crippen molar-refractivity contribution in [1.82, 2.24) is 10.1 Å². The molecule has 184 valence electrons. The van der Waals surface area contributed by atoms with Gasteiger partial charge in [0, 0.05) is 13.1 Å². The summed E-state index contributed by atoms with van der Waals surface area (Å²) in [5, 5.41) is 3.18. The van der Waals surface area contributed by atoms with Gasteiger partial charge < -0.3 is 9.57 Å². The van der Waals surface area contributed by atoms with E-state index in [0.29, 0.717) is 38.5 Å². The van der Waals surface area contributed by atoms with Crippen molar-refractivity contribution in [2.24, 2.45) is 5.92 Å². The van der Waals surface area contributed by atoms with Gasteiger partial charge in [0.15, 0.2) is 5.54 Å². The van der Waals surface area contributed by atoms with Crippen LogP contribution in [-0.2, 0) is 30.4 Å². The number of piperidine rings is 1. The van der Waals surface area contributed by atoms with Gasteiger partial charge in [-0.25, -0.2) is 9.86 Å². The highest BCUT2D eigenvalue weighted by molar-refractivity contribution is 7.99. The van der Waals surface area contributed by atoms with E-state index in [1.54, 1.807) is 12.2 Å². The van der Waals surface area contributed by atoms with E-state index < -0.39 is 11.5 Å². The Bertz CT molecular complexity index is 809. The average Bonchev–Trinajstić information content (AvgIpc) is 2.82. The molecule has 0 bridgehead atoms. The van der Waals surface area contributed by atoms with Gasteiger partial charge in [-0.2, -0.15) is 16.8 Å². The fraction of sp³-hybridized carbons (Fsp3) is 0.680. The smallest absolute Gasteiger partial charge is 0.334 e. The van der Waals surface area contributed by atoms with Crippen LogP contribution in [0.15, 0.2) is 12.1 Å². The van der Waals surface area contributed by atoms with Crippen molar-refractivity contribution in [2.45, 2.75) is 58.4 Å². The maximum absolute atomic E-state index is 13.8. The van der Waals surface area contributed by atoms with Crippen molar-refractivity contribution in [3.05, 3.63) is 34.4 Å². The molecule has 1 aromatic rings. The molecule has 3 rings (SSSR count). The minimum Gasteiger partial charge on any atom is -0.467 e. The standard InChI is InChI=1S/C25H38N2O5S/c1-18-14-19(2)22(20(3)15-18)16-23(28)27(32-17-21-6-12-33-13-7-21)25(24(29)30-4)8-10-26(31-5)11-9-25/h14-15,21H,6-13,16-17H2,1-5H3. The fourth-order valence-corrected chi connectivity index (χ4v) is 6.16. The van der Waals surface area contributed by atoms with E-state index in [-0.39, 0.29) is 12.3 Å². The number of thioether (sulfide) groups is 1. The Labute approximate surface area is 202 Å². The van der Waals surface area contributed by atoms with Gasteiger partial charge in [-0.1, -0.05) is 17.7 Å². The topological polar surface area (TPSA) is 68.3 Å². The quantitative estimate of drug-likeness (QED) is 0.417. The lowest BCUT2D eigenvalue weighted by Gasteiger charge is -2.45. The summed E-state index contributed by atoms with van der Waals surface area (Å²) in [6, 6.07) is 4.18. The number of aryl methyl sites for hydroxylation is 3. The van der Waals surface area contributed by atoms with Crippen LogP contribution in [0.4, 0.5) is 0 Å². The summed E-state index contributed by atoms with van der Waals surface area (Å²) in [5.74, 6) is 1.97.